The van der Waals surface area contributed by atoms with E-state index in [0.29, 0.717) is 28.1 Å². The zero-order chi connectivity index (χ0) is 18.5. The number of nitrogens with one attached hydrogen (secondary N) is 2. The maximum atomic E-state index is 12.0. The van der Waals surface area contributed by atoms with Gasteiger partial charge in [0.1, 0.15) is 17.2 Å². The van der Waals surface area contributed by atoms with Crippen LogP contribution in [0.2, 0.25) is 5.02 Å². The molecule has 0 aliphatic rings. The number of hydrogen-bond acceptors (Lipinski definition) is 4. The summed E-state index contributed by atoms with van der Waals surface area (Å²) in [5.41, 5.74) is 2.11. The summed E-state index contributed by atoms with van der Waals surface area (Å²) in [5.74, 6) is 1.84. The van der Waals surface area contributed by atoms with E-state index < -0.39 is 0 Å². The molecule has 0 saturated carbocycles. The Balaban J connectivity index is 1.61. The minimum Gasteiger partial charge on any atom is -0.497 e. The van der Waals surface area contributed by atoms with Crippen LogP contribution in [0.1, 0.15) is 11.5 Å². The molecule has 7 heteroatoms. The first-order valence-electron chi connectivity index (χ1n) is 7.96. The number of carbonyl (C=O) groups is 1. The minimum atomic E-state index is -0.332. The molecular weight excluding hydrogens is 354 g/mol. The van der Waals surface area contributed by atoms with Crippen molar-refractivity contribution in [3.8, 4) is 17.2 Å². The second-order valence-corrected chi connectivity index (χ2v) is 6.00. The fraction of sp³-hybridized carbons (Fsp3) is 0.158. The van der Waals surface area contributed by atoms with Crippen LogP contribution in [0.4, 0.5) is 10.5 Å². The lowest BCUT2D eigenvalue weighted by atomic mass is 10.2. The second-order valence-electron chi connectivity index (χ2n) is 5.57. The largest absolute Gasteiger partial charge is 0.497 e. The highest BCUT2D eigenvalue weighted by Crippen LogP contribution is 2.24. The van der Waals surface area contributed by atoms with Crippen molar-refractivity contribution in [3.05, 3.63) is 65.0 Å². The van der Waals surface area contributed by atoms with Gasteiger partial charge < -0.3 is 19.8 Å². The number of hydrogen-bond donors (Lipinski definition) is 2. The molecule has 3 aromatic rings. The molecule has 2 N–H and O–H groups in total. The maximum Gasteiger partial charge on any atom is 0.319 e. The van der Waals surface area contributed by atoms with Crippen molar-refractivity contribution in [2.24, 2.45) is 0 Å². The Morgan fingerprint density at radius 1 is 1.23 bits per heavy atom. The summed E-state index contributed by atoms with van der Waals surface area (Å²) in [6, 6.07) is 14.0. The van der Waals surface area contributed by atoms with Gasteiger partial charge in [-0.15, -0.1) is 0 Å². The number of aryl methyl sites for hydroxylation is 1. The van der Waals surface area contributed by atoms with Crippen molar-refractivity contribution in [3.63, 3.8) is 0 Å². The molecule has 0 fully saturated rings. The van der Waals surface area contributed by atoms with Gasteiger partial charge in [0.05, 0.1) is 13.7 Å². The van der Waals surface area contributed by atoms with Gasteiger partial charge in [0, 0.05) is 16.3 Å². The van der Waals surface area contributed by atoms with E-state index >= 15 is 0 Å². The van der Waals surface area contributed by atoms with Gasteiger partial charge in [-0.05, 0) is 49.4 Å². The molecule has 0 spiro atoms. The van der Waals surface area contributed by atoms with Crippen LogP contribution in [0.5, 0.6) is 5.75 Å². The van der Waals surface area contributed by atoms with E-state index in [4.69, 9.17) is 20.8 Å². The van der Waals surface area contributed by atoms with E-state index in [-0.39, 0.29) is 12.6 Å². The summed E-state index contributed by atoms with van der Waals surface area (Å²) in [6.45, 7) is 2.05. The molecule has 26 heavy (non-hydrogen) atoms. The summed E-state index contributed by atoms with van der Waals surface area (Å²) in [6.07, 6.45) is 0. The van der Waals surface area contributed by atoms with Gasteiger partial charge in [-0.2, -0.15) is 0 Å². The highest BCUT2D eigenvalue weighted by atomic mass is 35.5. The van der Waals surface area contributed by atoms with Crippen LogP contribution in [0, 0.1) is 6.92 Å². The van der Waals surface area contributed by atoms with Gasteiger partial charge in [0.15, 0.2) is 0 Å². The molecule has 2 amide bonds. The molecule has 134 valence electrons. The lowest BCUT2D eigenvalue weighted by molar-refractivity contribution is 0.251. The highest BCUT2D eigenvalue weighted by Gasteiger charge is 2.12. The molecule has 2 aromatic carbocycles. The van der Waals surface area contributed by atoms with Crippen molar-refractivity contribution in [1.29, 1.82) is 0 Å². The molecule has 0 saturated heterocycles. The Bertz CT molecular complexity index is 907. The summed E-state index contributed by atoms with van der Waals surface area (Å²) < 4.78 is 10.8. The first-order valence-corrected chi connectivity index (χ1v) is 8.34. The lowest BCUT2D eigenvalue weighted by Gasteiger charge is -2.07. The number of ether oxygens (including phenoxy) is 1. The SMILES string of the molecule is COc1ccc(NC(=O)NCc2nc(-c3cccc(Cl)c3)oc2C)cc1. The Morgan fingerprint density at radius 3 is 2.69 bits per heavy atom. The van der Waals surface area contributed by atoms with Crippen LogP contribution in [0.3, 0.4) is 0 Å². The Labute approximate surface area is 156 Å². The van der Waals surface area contributed by atoms with Gasteiger partial charge in [-0.1, -0.05) is 17.7 Å². The number of halogens is 1. The first-order chi connectivity index (χ1) is 12.5. The van der Waals surface area contributed by atoms with Gasteiger partial charge in [-0.3, -0.25) is 0 Å². The van der Waals surface area contributed by atoms with Gasteiger partial charge in [0.25, 0.3) is 0 Å². The lowest BCUT2D eigenvalue weighted by Crippen LogP contribution is -2.28. The summed E-state index contributed by atoms with van der Waals surface area (Å²) in [7, 11) is 1.59. The minimum absolute atomic E-state index is 0.248. The van der Waals surface area contributed by atoms with Crippen LogP contribution < -0.4 is 15.4 Å². The van der Waals surface area contributed by atoms with Crippen molar-refractivity contribution in [1.82, 2.24) is 10.3 Å². The van der Waals surface area contributed by atoms with Crippen LogP contribution in [0.25, 0.3) is 11.5 Å². The highest BCUT2D eigenvalue weighted by molar-refractivity contribution is 6.30. The number of nitrogens with zero attached hydrogens (tertiary/aromatic N) is 1. The summed E-state index contributed by atoms with van der Waals surface area (Å²) in [5, 5.41) is 6.12. The molecule has 0 radical (unpaired) electrons. The number of anilines is 1. The molecular formula is C19H18ClN3O3. The van der Waals surface area contributed by atoms with Crippen LogP contribution in [-0.4, -0.2) is 18.1 Å². The molecule has 0 bridgehead atoms. The third-order valence-corrected chi connectivity index (χ3v) is 3.96. The van der Waals surface area contributed by atoms with E-state index in [0.717, 1.165) is 11.3 Å². The number of aromatic nitrogens is 1. The number of methoxy groups -OCH3 is 1. The van der Waals surface area contributed by atoms with Gasteiger partial charge >= 0.3 is 6.03 Å². The molecule has 1 aromatic heterocycles. The van der Waals surface area contributed by atoms with Crippen molar-refractivity contribution in [2.75, 3.05) is 12.4 Å². The van der Waals surface area contributed by atoms with E-state index in [1.807, 2.05) is 12.1 Å². The molecule has 0 unspecified atom stereocenters. The Kier molecular flexibility index (Phi) is 5.43. The fourth-order valence-corrected chi connectivity index (χ4v) is 2.54. The second kappa shape index (κ2) is 7.93. The van der Waals surface area contributed by atoms with E-state index in [1.54, 1.807) is 50.4 Å². The Morgan fingerprint density at radius 2 is 2.00 bits per heavy atom. The summed E-state index contributed by atoms with van der Waals surface area (Å²) in [4.78, 5) is 16.5. The number of carbonyl (C=O) groups excluding carboxylic acids is 1. The standard InChI is InChI=1S/C19H18ClN3O3/c1-12-17(23-18(26-12)13-4-3-5-14(20)10-13)11-21-19(24)22-15-6-8-16(25-2)9-7-15/h3-10H,11H2,1-2H3,(H2,21,22,24). The molecule has 0 aliphatic heterocycles. The summed E-state index contributed by atoms with van der Waals surface area (Å²) >= 11 is 6.00. The van der Waals surface area contributed by atoms with Crippen molar-refractivity contribution < 1.29 is 13.9 Å². The quantitative estimate of drug-likeness (QED) is 0.685. The van der Waals surface area contributed by atoms with Crippen LogP contribution >= 0.6 is 11.6 Å². The van der Waals surface area contributed by atoms with Crippen LogP contribution in [0.15, 0.2) is 52.9 Å². The Hall–Kier alpha value is -2.99. The first kappa shape index (κ1) is 17.8. The normalized spacial score (nSPS) is 10.4. The number of urea groups is 1. The zero-order valence-corrected chi connectivity index (χ0v) is 15.1. The monoisotopic (exact) mass is 371 g/mol. The molecule has 0 aliphatic carbocycles. The van der Waals surface area contributed by atoms with Crippen molar-refractivity contribution in [2.45, 2.75) is 13.5 Å². The average molecular weight is 372 g/mol. The average Bonchev–Trinajstić information content (AvgIpc) is 3.01. The predicted molar refractivity (Wildman–Crippen MR) is 101 cm³/mol. The predicted octanol–water partition coefficient (Wildman–Crippen LogP) is 4.63. The molecule has 0 atom stereocenters. The van der Waals surface area contributed by atoms with E-state index in [2.05, 4.69) is 15.6 Å². The molecule has 1 heterocycles. The number of oxazole rings is 1. The third-order valence-electron chi connectivity index (χ3n) is 3.73. The molecule has 3 rings (SSSR count). The molecule has 6 nitrogen and oxygen atoms in total. The number of benzene rings is 2. The topological polar surface area (TPSA) is 76.4 Å². The zero-order valence-electron chi connectivity index (χ0n) is 14.4. The van der Waals surface area contributed by atoms with E-state index in [1.165, 1.54) is 0 Å². The van der Waals surface area contributed by atoms with Gasteiger partial charge in [0.2, 0.25) is 5.89 Å². The van der Waals surface area contributed by atoms with Crippen LogP contribution in [-0.2, 0) is 6.54 Å². The maximum absolute atomic E-state index is 12.0. The fourth-order valence-electron chi connectivity index (χ4n) is 2.35. The van der Waals surface area contributed by atoms with E-state index in [9.17, 15) is 4.79 Å². The number of rotatable bonds is 5. The van der Waals surface area contributed by atoms with Crippen molar-refractivity contribution >= 4 is 23.3 Å². The number of amides is 2. The smallest absolute Gasteiger partial charge is 0.319 e. The third kappa shape index (κ3) is 4.34. The van der Waals surface area contributed by atoms with Gasteiger partial charge in [-0.25, -0.2) is 9.78 Å².